The Morgan fingerprint density at radius 3 is 2.63 bits per heavy atom. The van der Waals surface area contributed by atoms with Crippen molar-refractivity contribution in [2.24, 2.45) is 0 Å². The monoisotopic (exact) mass is 253 g/mol. The van der Waals surface area contributed by atoms with Crippen LogP contribution in [0.1, 0.15) is 30.2 Å². The van der Waals surface area contributed by atoms with Gasteiger partial charge < -0.3 is 5.32 Å². The fraction of sp³-hybridized carbons (Fsp3) is 0.250. The van der Waals surface area contributed by atoms with E-state index in [9.17, 15) is 0 Å². The van der Waals surface area contributed by atoms with E-state index >= 15 is 0 Å². The number of benzene rings is 1. The van der Waals surface area contributed by atoms with Gasteiger partial charge in [0, 0.05) is 17.4 Å². The molecular weight excluding hydrogens is 234 g/mol. The molecule has 2 aromatic rings. The number of aryl methyl sites for hydroxylation is 2. The van der Waals surface area contributed by atoms with Crippen molar-refractivity contribution < 1.29 is 0 Å². The first kappa shape index (κ1) is 13.3. The molecule has 1 heterocycles. The van der Waals surface area contributed by atoms with Crippen LogP contribution in [0, 0.1) is 12.3 Å². The predicted octanol–water partition coefficient (Wildman–Crippen LogP) is 3.78. The SMILES string of the molecule is CCCc1ncccc1C(=N)Nc1ccc(C)cc1. The van der Waals surface area contributed by atoms with Gasteiger partial charge in [0.05, 0.1) is 5.69 Å². The molecule has 2 N–H and O–H groups in total. The van der Waals surface area contributed by atoms with Crippen molar-refractivity contribution in [2.75, 3.05) is 5.32 Å². The van der Waals surface area contributed by atoms with Gasteiger partial charge in [0.25, 0.3) is 0 Å². The van der Waals surface area contributed by atoms with Gasteiger partial charge in [-0.1, -0.05) is 31.0 Å². The molecule has 0 saturated heterocycles. The lowest BCUT2D eigenvalue weighted by atomic mass is 10.1. The Bertz CT molecular complexity index is 558. The molecule has 3 heteroatoms. The van der Waals surface area contributed by atoms with Gasteiger partial charge in [-0.05, 0) is 37.6 Å². The Kier molecular flexibility index (Phi) is 4.29. The minimum Gasteiger partial charge on any atom is -0.340 e. The molecule has 0 amide bonds. The normalized spacial score (nSPS) is 10.2. The molecule has 2 rings (SSSR count). The van der Waals surface area contributed by atoms with Crippen LogP contribution in [-0.4, -0.2) is 10.8 Å². The van der Waals surface area contributed by atoms with E-state index in [-0.39, 0.29) is 0 Å². The van der Waals surface area contributed by atoms with Gasteiger partial charge in [0.1, 0.15) is 5.84 Å². The lowest BCUT2D eigenvalue weighted by Crippen LogP contribution is -2.15. The van der Waals surface area contributed by atoms with Gasteiger partial charge in [-0.15, -0.1) is 0 Å². The average molecular weight is 253 g/mol. The molecule has 3 nitrogen and oxygen atoms in total. The Balaban J connectivity index is 2.18. The Morgan fingerprint density at radius 2 is 1.95 bits per heavy atom. The molecule has 0 aliphatic rings. The number of amidine groups is 1. The van der Waals surface area contributed by atoms with E-state index in [2.05, 4.69) is 24.1 Å². The Labute approximate surface area is 114 Å². The number of hydrogen-bond donors (Lipinski definition) is 2. The van der Waals surface area contributed by atoms with Crippen LogP contribution in [0.3, 0.4) is 0 Å². The largest absolute Gasteiger partial charge is 0.340 e. The zero-order valence-electron chi connectivity index (χ0n) is 11.4. The van der Waals surface area contributed by atoms with E-state index in [1.165, 1.54) is 5.56 Å². The van der Waals surface area contributed by atoms with Gasteiger partial charge >= 0.3 is 0 Å². The molecule has 1 aromatic carbocycles. The van der Waals surface area contributed by atoms with Crippen LogP contribution in [0.5, 0.6) is 0 Å². The summed E-state index contributed by atoms with van der Waals surface area (Å²) in [5.41, 5.74) is 4.01. The quantitative estimate of drug-likeness (QED) is 0.643. The van der Waals surface area contributed by atoms with E-state index in [1.54, 1.807) is 6.20 Å². The fourth-order valence-corrected chi connectivity index (χ4v) is 1.95. The molecule has 0 fully saturated rings. The highest BCUT2D eigenvalue weighted by atomic mass is 14.9. The van der Waals surface area contributed by atoms with Crippen LogP contribution in [0.15, 0.2) is 42.6 Å². The van der Waals surface area contributed by atoms with Gasteiger partial charge in [-0.25, -0.2) is 0 Å². The average Bonchev–Trinajstić information content (AvgIpc) is 2.42. The third kappa shape index (κ3) is 3.41. The minimum atomic E-state index is 0.403. The number of nitrogens with zero attached hydrogens (tertiary/aromatic N) is 1. The van der Waals surface area contributed by atoms with E-state index in [4.69, 9.17) is 5.41 Å². The van der Waals surface area contributed by atoms with Gasteiger partial charge in [-0.3, -0.25) is 10.4 Å². The number of nitrogens with one attached hydrogen (secondary N) is 2. The van der Waals surface area contributed by atoms with Crippen LogP contribution in [0.25, 0.3) is 0 Å². The molecule has 0 aliphatic carbocycles. The summed E-state index contributed by atoms with van der Waals surface area (Å²) in [7, 11) is 0. The lowest BCUT2D eigenvalue weighted by Gasteiger charge is -2.11. The predicted molar refractivity (Wildman–Crippen MR) is 79.9 cm³/mol. The van der Waals surface area contributed by atoms with Gasteiger partial charge in [0.15, 0.2) is 0 Å². The second-order valence-electron chi connectivity index (χ2n) is 4.61. The molecule has 98 valence electrons. The molecule has 0 saturated carbocycles. The van der Waals surface area contributed by atoms with Crippen LogP contribution in [0.4, 0.5) is 5.69 Å². The van der Waals surface area contributed by atoms with E-state index in [0.29, 0.717) is 5.84 Å². The maximum atomic E-state index is 8.19. The standard InChI is InChI=1S/C16H19N3/c1-3-5-15-14(6-4-11-18-15)16(17)19-13-9-7-12(2)8-10-13/h4,6-11H,3,5H2,1-2H3,(H2,17,19). The molecule has 0 spiro atoms. The van der Waals surface area contributed by atoms with E-state index in [0.717, 1.165) is 29.8 Å². The highest BCUT2D eigenvalue weighted by Gasteiger charge is 2.08. The summed E-state index contributed by atoms with van der Waals surface area (Å²) < 4.78 is 0. The van der Waals surface area contributed by atoms with Crippen molar-refractivity contribution in [3.63, 3.8) is 0 Å². The van der Waals surface area contributed by atoms with E-state index < -0.39 is 0 Å². The van der Waals surface area contributed by atoms with Crippen molar-refractivity contribution in [1.29, 1.82) is 5.41 Å². The summed E-state index contributed by atoms with van der Waals surface area (Å²) in [4.78, 5) is 4.36. The maximum Gasteiger partial charge on any atom is 0.131 e. The molecule has 0 atom stereocenters. The molecule has 1 aromatic heterocycles. The van der Waals surface area contributed by atoms with Crippen LogP contribution >= 0.6 is 0 Å². The molecule has 19 heavy (non-hydrogen) atoms. The van der Waals surface area contributed by atoms with Crippen molar-refractivity contribution >= 4 is 11.5 Å². The number of aromatic nitrogens is 1. The third-order valence-corrected chi connectivity index (χ3v) is 2.97. The number of pyridine rings is 1. The zero-order chi connectivity index (χ0) is 13.7. The summed E-state index contributed by atoms with van der Waals surface area (Å²) in [5, 5.41) is 11.3. The zero-order valence-corrected chi connectivity index (χ0v) is 11.4. The first-order chi connectivity index (χ1) is 9.20. The highest BCUT2D eigenvalue weighted by Crippen LogP contribution is 2.13. The van der Waals surface area contributed by atoms with Crippen molar-refractivity contribution in [2.45, 2.75) is 26.7 Å². The fourth-order valence-electron chi connectivity index (χ4n) is 1.95. The Hall–Kier alpha value is -2.16. The second-order valence-corrected chi connectivity index (χ2v) is 4.61. The van der Waals surface area contributed by atoms with Crippen LogP contribution in [0.2, 0.25) is 0 Å². The molecule has 0 unspecified atom stereocenters. The Morgan fingerprint density at radius 1 is 1.21 bits per heavy atom. The third-order valence-electron chi connectivity index (χ3n) is 2.97. The summed E-state index contributed by atoms with van der Waals surface area (Å²) >= 11 is 0. The summed E-state index contributed by atoms with van der Waals surface area (Å²) in [6.45, 7) is 4.17. The molecule has 0 aliphatic heterocycles. The van der Waals surface area contributed by atoms with Crippen molar-refractivity contribution in [3.05, 3.63) is 59.4 Å². The first-order valence-corrected chi connectivity index (χ1v) is 6.57. The van der Waals surface area contributed by atoms with Crippen LogP contribution in [-0.2, 0) is 6.42 Å². The first-order valence-electron chi connectivity index (χ1n) is 6.57. The van der Waals surface area contributed by atoms with Crippen molar-refractivity contribution in [1.82, 2.24) is 4.98 Å². The molecule has 0 radical (unpaired) electrons. The topological polar surface area (TPSA) is 48.8 Å². The summed E-state index contributed by atoms with van der Waals surface area (Å²) in [5.74, 6) is 0.403. The lowest BCUT2D eigenvalue weighted by molar-refractivity contribution is 0.879. The number of rotatable bonds is 4. The summed E-state index contributed by atoms with van der Waals surface area (Å²) in [6.07, 6.45) is 3.71. The number of hydrogen-bond acceptors (Lipinski definition) is 2. The summed E-state index contributed by atoms with van der Waals surface area (Å²) in [6, 6.07) is 11.9. The highest BCUT2D eigenvalue weighted by molar-refractivity contribution is 6.06. The smallest absolute Gasteiger partial charge is 0.131 e. The maximum absolute atomic E-state index is 8.19. The van der Waals surface area contributed by atoms with E-state index in [1.807, 2.05) is 36.4 Å². The second kappa shape index (κ2) is 6.14. The minimum absolute atomic E-state index is 0.403. The molecular formula is C16H19N3. The number of anilines is 1. The van der Waals surface area contributed by atoms with Gasteiger partial charge in [-0.2, -0.15) is 0 Å². The molecule has 0 bridgehead atoms. The van der Waals surface area contributed by atoms with Crippen LogP contribution < -0.4 is 5.32 Å². The van der Waals surface area contributed by atoms with Gasteiger partial charge in [0.2, 0.25) is 0 Å². The van der Waals surface area contributed by atoms with Crippen molar-refractivity contribution in [3.8, 4) is 0 Å².